The van der Waals surface area contributed by atoms with Crippen molar-refractivity contribution in [2.24, 2.45) is 11.7 Å². The topological polar surface area (TPSA) is 38.5 Å². The molecule has 1 aliphatic rings. The summed E-state index contributed by atoms with van der Waals surface area (Å²) in [5.74, 6) is 0.729. The molecule has 0 aliphatic carbocycles. The van der Waals surface area contributed by atoms with Crippen molar-refractivity contribution >= 4 is 0 Å². The maximum atomic E-state index is 5.65. The third kappa shape index (κ3) is 3.18. The lowest BCUT2D eigenvalue weighted by Crippen LogP contribution is -2.18. The Balaban J connectivity index is 2.02. The molecule has 3 unspecified atom stereocenters. The number of ether oxygens (including phenoxy) is 1. The maximum absolute atomic E-state index is 5.65. The summed E-state index contributed by atoms with van der Waals surface area (Å²) in [5.41, 5.74) is 5.65. The van der Waals surface area contributed by atoms with Crippen LogP contribution in [0, 0.1) is 5.92 Å². The van der Waals surface area contributed by atoms with Gasteiger partial charge in [-0.3, -0.25) is 0 Å². The SMILES string of the molecule is CC(N)CC(C)CC1CO1. The Morgan fingerprint density at radius 3 is 2.60 bits per heavy atom. The molecule has 0 aromatic heterocycles. The molecule has 0 amide bonds. The lowest BCUT2D eigenvalue weighted by Gasteiger charge is -2.11. The first-order valence-electron chi connectivity index (χ1n) is 4.05. The summed E-state index contributed by atoms with van der Waals surface area (Å²) in [7, 11) is 0. The first-order chi connectivity index (χ1) is 4.68. The van der Waals surface area contributed by atoms with Crippen LogP contribution in [0.2, 0.25) is 0 Å². The molecule has 3 atom stereocenters. The van der Waals surface area contributed by atoms with Gasteiger partial charge in [0.25, 0.3) is 0 Å². The average molecular weight is 143 g/mol. The number of epoxide rings is 1. The van der Waals surface area contributed by atoms with Crippen LogP contribution in [-0.2, 0) is 4.74 Å². The standard InChI is InChI=1S/C8H17NO/c1-6(3-7(2)9)4-8-5-10-8/h6-8H,3-5,9H2,1-2H3. The second kappa shape index (κ2) is 3.35. The Morgan fingerprint density at radius 2 is 2.20 bits per heavy atom. The minimum Gasteiger partial charge on any atom is -0.373 e. The largest absolute Gasteiger partial charge is 0.373 e. The van der Waals surface area contributed by atoms with Crippen molar-refractivity contribution in [3.8, 4) is 0 Å². The molecule has 0 aromatic carbocycles. The summed E-state index contributed by atoms with van der Waals surface area (Å²) in [5, 5.41) is 0. The molecule has 1 rings (SSSR count). The summed E-state index contributed by atoms with van der Waals surface area (Å²) in [6, 6.07) is 0.341. The molecular weight excluding hydrogens is 126 g/mol. The lowest BCUT2D eigenvalue weighted by atomic mass is 9.98. The van der Waals surface area contributed by atoms with E-state index in [1.807, 2.05) is 0 Å². The molecule has 0 bridgehead atoms. The molecule has 10 heavy (non-hydrogen) atoms. The van der Waals surface area contributed by atoms with Crippen molar-refractivity contribution in [3.05, 3.63) is 0 Å². The monoisotopic (exact) mass is 143 g/mol. The second-order valence-electron chi connectivity index (χ2n) is 3.51. The van der Waals surface area contributed by atoms with Gasteiger partial charge in [-0.15, -0.1) is 0 Å². The van der Waals surface area contributed by atoms with Crippen LogP contribution in [0.4, 0.5) is 0 Å². The van der Waals surface area contributed by atoms with Crippen LogP contribution in [0.3, 0.4) is 0 Å². The van der Waals surface area contributed by atoms with Gasteiger partial charge >= 0.3 is 0 Å². The predicted octanol–water partition coefficient (Wildman–Crippen LogP) is 1.15. The van der Waals surface area contributed by atoms with Crippen molar-refractivity contribution in [1.29, 1.82) is 0 Å². The molecule has 0 aromatic rings. The van der Waals surface area contributed by atoms with Gasteiger partial charge in [-0.2, -0.15) is 0 Å². The Hall–Kier alpha value is -0.0800. The highest BCUT2D eigenvalue weighted by Crippen LogP contribution is 2.21. The molecular formula is C8H17NO. The van der Waals surface area contributed by atoms with Crippen LogP contribution in [0.1, 0.15) is 26.7 Å². The zero-order valence-corrected chi connectivity index (χ0v) is 6.84. The molecule has 0 spiro atoms. The number of nitrogens with two attached hydrogens (primary N) is 1. The Bertz CT molecular complexity index is 95.4. The van der Waals surface area contributed by atoms with Gasteiger partial charge < -0.3 is 10.5 Å². The molecule has 2 N–H and O–H groups in total. The van der Waals surface area contributed by atoms with Crippen molar-refractivity contribution in [3.63, 3.8) is 0 Å². The van der Waals surface area contributed by atoms with Gasteiger partial charge in [0, 0.05) is 6.04 Å². The fourth-order valence-electron chi connectivity index (χ4n) is 1.38. The Kier molecular flexibility index (Phi) is 2.69. The van der Waals surface area contributed by atoms with Crippen molar-refractivity contribution in [2.75, 3.05) is 6.61 Å². The predicted molar refractivity (Wildman–Crippen MR) is 41.8 cm³/mol. The summed E-state index contributed by atoms with van der Waals surface area (Å²) in [6.07, 6.45) is 2.88. The molecule has 0 radical (unpaired) electrons. The molecule has 2 nitrogen and oxygen atoms in total. The smallest absolute Gasteiger partial charge is 0.0812 e. The quantitative estimate of drug-likeness (QED) is 0.599. The van der Waals surface area contributed by atoms with E-state index in [2.05, 4.69) is 13.8 Å². The highest BCUT2D eigenvalue weighted by atomic mass is 16.6. The minimum absolute atomic E-state index is 0.341. The van der Waals surface area contributed by atoms with Crippen LogP contribution in [0.5, 0.6) is 0 Å². The fraction of sp³-hybridized carbons (Fsp3) is 1.00. The van der Waals surface area contributed by atoms with E-state index >= 15 is 0 Å². The van der Waals surface area contributed by atoms with Crippen molar-refractivity contribution in [1.82, 2.24) is 0 Å². The minimum atomic E-state index is 0.341. The molecule has 1 saturated heterocycles. The van der Waals surface area contributed by atoms with Crippen LogP contribution < -0.4 is 5.73 Å². The van der Waals surface area contributed by atoms with E-state index in [1.54, 1.807) is 0 Å². The zero-order valence-electron chi connectivity index (χ0n) is 6.84. The number of hydrogen-bond donors (Lipinski definition) is 1. The van der Waals surface area contributed by atoms with Gasteiger partial charge in [0.15, 0.2) is 0 Å². The van der Waals surface area contributed by atoms with Crippen LogP contribution in [0.15, 0.2) is 0 Å². The van der Waals surface area contributed by atoms with Crippen LogP contribution >= 0.6 is 0 Å². The average Bonchev–Trinajstić information content (AvgIpc) is 2.46. The van der Waals surface area contributed by atoms with Gasteiger partial charge in [-0.05, 0) is 25.7 Å². The van der Waals surface area contributed by atoms with Crippen molar-refractivity contribution < 1.29 is 4.74 Å². The van der Waals surface area contributed by atoms with E-state index in [9.17, 15) is 0 Å². The van der Waals surface area contributed by atoms with Gasteiger partial charge in [-0.1, -0.05) is 6.92 Å². The number of hydrogen-bond acceptors (Lipinski definition) is 2. The van der Waals surface area contributed by atoms with E-state index in [0.29, 0.717) is 12.1 Å². The molecule has 1 heterocycles. The summed E-state index contributed by atoms with van der Waals surface area (Å²) < 4.78 is 5.12. The van der Waals surface area contributed by atoms with Gasteiger partial charge in [-0.25, -0.2) is 0 Å². The highest BCUT2D eigenvalue weighted by Gasteiger charge is 2.24. The van der Waals surface area contributed by atoms with Crippen LogP contribution in [-0.4, -0.2) is 18.8 Å². The Labute approximate surface area is 62.7 Å². The maximum Gasteiger partial charge on any atom is 0.0812 e. The molecule has 1 aliphatic heterocycles. The van der Waals surface area contributed by atoms with E-state index in [1.165, 1.54) is 6.42 Å². The molecule has 2 heteroatoms. The van der Waals surface area contributed by atoms with E-state index in [-0.39, 0.29) is 0 Å². The number of rotatable bonds is 4. The third-order valence-corrected chi connectivity index (χ3v) is 1.84. The van der Waals surface area contributed by atoms with Gasteiger partial charge in [0.2, 0.25) is 0 Å². The van der Waals surface area contributed by atoms with E-state index in [4.69, 9.17) is 10.5 Å². The lowest BCUT2D eigenvalue weighted by molar-refractivity contribution is 0.345. The Morgan fingerprint density at radius 1 is 1.60 bits per heavy atom. The highest BCUT2D eigenvalue weighted by molar-refractivity contribution is 4.73. The van der Waals surface area contributed by atoms with E-state index < -0.39 is 0 Å². The molecule has 60 valence electrons. The first kappa shape index (κ1) is 8.02. The molecule has 1 fully saturated rings. The summed E-state index contributed by atoms with van der Waals surface area (Å²) >= 11 is 0. The summed E-state index contributed by atoms with van der Waals surface area (Å²) in [4.78, 5) is 0. The second-order valence-corrected chi connectivity index (χ2v) is 3.51. The van der Waals surface area contributed by atoms with Gasteiger partial charge in [0.1, 0.15) is 0 Å². The zero-order chi connectivity index (χ0) is 7.56. The third-order valence-electron chi connectivity index (χ3n) is 1.84. The first-order valence-corrected chi connectivity index (χ1v) is 4.05. The normalized spacial score (nSPS) is 29.7. The van der Waals surface area contributed by atoms with Crippen molar-refractivity contribution in [2.45, 2.75) is 38.8 Å². The summed E-state index contributed by atoms with van der Waals surface area (Å²) in [6.45, 7) is 5.28. The fourth-order valence-corrected chi connectivity index (χ4v) is 1.38. The molecule has 0 saturated carbocycles. The van der Waals surface area contributed by atoms with Gasteiger partial charge in [0.05, 0.1) is 12.7 Å². The van der Waals surface area contributed by atoms with Crippen LogP contribution in [0.25, 0.3) is 0 Å². The van der Waals surface area contributed by atoms with E-state index in [0.717, 1.165) is 18.9 Å².